The number of nitrogens with one attached hydrogen (secondary N) is 4. The summed E-state index contributed by atoms with van der Waals surface area (Å²) in [7, 11) is 0. The Labute approximate surface area is 248 Å². The summed E-state index contributed by atoms with van der Waals surface area (Å²) in [6, 6.07) is 11.0. The lowest BCUT2D eigenvalue weighted by molar-refractivity contribution is -0.143. The molecule has 0 aliphatic heterocycles. The molecule has 0 bridgehead atoms. The third-order valence-electron chi connectivity index (χ3n) is 6.94. The van der Waals surface area contributed by atoms with Gasteiger partial charge in [0.05, 0.1) is 12.5 Å². The van der Waals surface area contributed by atoms with Crippen LogP contribution in [0.3, 0.4) is 0 Å². The highest BCUT2D eigenvalue weighted by molar-refractivity contribution is 5.96. The van der Waals surface area contributed by atoms with E-state index < -0.39 is 60.2 Å². The Kier molecular flexibility index (Phi) is 12.2. The summed E-state index contributed by atoms with van der Waals surface area (Å²) in [6.07, 6.45) is 2.24. The molecule has 3 aromatic rings. The lowest BCUT2D eigenvalue weighted by Gasteiger charge is -2.25. The van der Waals surface area contributed by atoms with Gasteiger partial charge >= 0.3 is 11.9 Å². The fourth-order valence-corrected chi connectivity index (χ4v) is 4.65. The van der Waals surface area contributed by atoms with Gasteiger partial charge < -0.3 is 42.6 Å². The Balaban J connectivity index is 1.74. The van der Waals surface area contributed by atoms with Crippen LogP contribution in [0.5, 0.6) is 0 Å². The van der Waals surface area contributed by atoms with E-state index in [0.29, 0.717) is 24.9 Å². The Hall–Kier alpha value is -4.75. The molecule has 0 aliphatic carbocycles. The van der Waals surface area contributed by atoms with E-state index in [0.717, 1.165) is 16.5 Å². The molecule has 0 saturated heterocycles. The van der Waals surface area contributed by atoms with E-state index in [1.807, 2.05) is 24.3 Å². The minimum absolute atomic E-state index is 0.0125. The molecule has 43 heavy (non-hydrogen) atoms. The SMILES string of the molecule is NCCCCC(NC(=O)C(Cc1ccccc1)NC(=O)C(CC(=O)O)NC(=O)C(N)Cc1c[nH]c2ccccc12)C(=O)O. The lowest BCUT2D eigenvalue weighted by atomic mass is 10.0. The van der Waals surface area contributed by atoms with E-state index in [1.165, 1.54) is 0 Å². The van der Waals surface area contributed by atoms with Gasteiger partial charge in [0.15, 0.2) is 0 Å². The monoisotopic (exact) mass is 594 g/mol. The number of amides is 3. The van der Waals surface area contributed by atoms with Crippen LogP contribution in [0.25, 0.3) is 10.9 Å². The van der Waals surface area contributed by atoms with Crippen LogP contribution in [0.1, 0.15) is 36.8 Å². The number of aromatic nitrogens is 1. The molecule has 3 amide bonds. The molecule has 0 aliphatic rings. The van der Waals surface area contributed by atoms with Gasteiger partial charge in [-0.05, 0) is 49.4 Å². The standard InChI is InChI=1S/C30H38N6O7/c31-13-7-6-12-23(30(42)43)34-28(40)24(14-18-8-2-1-3-9-18)36-29(41)25(16-26(37)38)35-27(39)21(32)15-19-17-33-22-11-5-4-10-20(19)22/h1-5,8-11,17,21,23-25,33H,6-7,12-16,31-32H2,(H,34,40)(H,35,39)(H,36,41)(H,37,38)(H,42,43). The largest absolute Gasteiger partial charge is 0.481 e. The number of benzene rings is 2. The zero-order valence-corrected chi connectivity index (χ0v) is 23.6. The second-order valence-corrected chi connectivity index (χ2v) is 10.3. The van der Waals surface area contributed by atoms with E-state index in [9.17, 15) is 34.2 Å². The van der Waals surface area contributed by atoms with Crippen LogP contribution in [-0.2, 0) is 36.8 Å². The number of aliphatic carboxylic acids is 2. The Morgan fingerprint density at radius 3 is 2.07 bits per heavy atom. The number of hydrogen-bond donors (Lipinski definition) is 8. The number of carboxylic acid groups (broad SMARTS) is 2. The van der Waals surface area contributed by atoms with Crippen molar-refractivity contribution in [2.45, 2.75) is 62.7 Å². The number of unbranched alkanes of at least 4 members (excludes halogenated alkanes) is 1. The number of H-pyrrole nitrogens is 1. The van der Waals surface area contributed by atoms with Crippen molar-refractivity contribution >= 4 is 40.6 Å². The molecule has 0 saturated carbocycles. The van der Waals surface area contributed by atoms with Crippen LogP contribution in [0.2, 0.25) is 0 Å². The molecule has 13 nitrogen and oxygen atoms in total. The summed E-state index contributed by atoms with van der Waals surface area (Å²) in [5, 5.41) is 27.3. The average Bonchev–Trinajstić information content (AvgIpc) is 3.38. The Morgan fingerprint density at radius 1 is 0.767 bits per heavy atom. The van der Waals surface area contributed by atoms with Gasteiger partial charge in [0.2, 0.25) is 17.7 Å². The van der Waals surface area contributed by atoms with Gasteiger partial charge in [-0.25, -0.2) is 4.79 Å². The first-order valence-electron chi connectivity index (χ1n) is 14.0. The highest BCUT2D eigenvalue weighted by Gasteiger charge is 2.31. The molecule has 0 radical (unpaired) electrons. The summed E-state index contributed by atoms with van der Waals surface area (Å²) in [5.41, 5.74) is 13.9. The number of carbonyl (C=O) groups is 5. The maximum atomic E-state index is 13.3. The normalized spacial score (nSPS) is 13.8. The first-order valence-corrected chi connectivity index (χ1v) is 14.0. The number of rotatable bonds is 17. The predicted octanol–water partition coefficient (Wildman–Crippen LogP) is 0.423. The van der Waals surface area contributed by atoms with E-state index in [2.05, 4.69) is 20.9 Å². The van der Waals surface area contributed by atoms with Crippen molar-refractivity contribution in [3.8, 4) is 0 Å². The number of fused-ring (bicyclic) bond motifs is 1. The van der Waals surface area contributed by atoms with Crippen LogP contribution in [0, 0.1) is 0 Å². The summed E-state index contributed by atoms with van der Waals surface area (Å²) < 4.78 is 0. The van der Waals surface area contributed by atoms with Crippen LogP contribution in [-0.4, -0.2) is 75.6 Å². The van der Waals surface area contributed by atoms with Crippen molar-refractivity contribution in [1.82, 2.24) is 20.9 Å². The van der Waals surface area contributed by atoms with Crippen molar-refractivity contribution in [2.75, 3.05) is 6.54 Å². The minimum atomic E-state index is -1.55. The summed E-state index contributed by atoms with van der Waals surface area (Å²) in [6.45, 7) is 0.370. The Morgan fingerprint density at radius 2 is 1.40 bits per heavy atom. The zero-order valence-electron chi connectivity index (χ0n) is 23.6. The van der Waals surface area contributed by atoms with Gasteiger partial charge in [-0.2, -0.15) is 0 Å². The van der Waals surface area contributed by atoms with Gasteiger partial charge in [-0.3, -0.25) is 19.2 Å². The van der Waals surface area contributed by atoms with E-state index >= 15 is 0 Å². The maximum absolute atomic E-state index is 13.3. The van der Waals surface area contributed by atoms with Gasteiger partial charge in [-0.15, -0.1) is 0 Å². The van der Waals surface area contributed by atoms with Gasteiger partial charge in [0.1, 0.15) is 18.1 Å². The maximum Gasteiger partial charge on any atom is 0.326 e. The highest BCUT2D eigenvalue weighted by Crippen LogP contribution is 2.19. The van der Waals surface area contributed by atoms with E-state index in [-0.39, 0.29) is 19.3 Å². The molecule has 2 aromatic carbocycles. The third-order valence-corrected chi connectivity index (χ3v) is 6.94. The second-order valence-electron chi connectivity index (χ2n) is 10.3. The third kappa shape index (κ3) is 9.94. The van der Waals surface area contributed by atoms with Crippen molar-refractivity contribution in [1.29, 1.82) is 0 Å². The predicted molar refractivity (Wildman–Crippen MR) is 159 cm³/mol. The van der Waals surface area contributed by atoms with Crippen LogP contribution in [0.4, 0.5) is 0 Å². The number of para-hydroxylation sites is 1. The molecule has 0 fully saturated rings. The van der Waals surface area contributed by atoms with Crippen molar-refractivity contribution in [3.05, 3.63) is 71.9 Å². The molecule has 230 valence electrons. The van der Waals surface area contributed by atoms with Gasteiger partial charge in [0, 0.05) is 23.5 Å². The molecule has 4 unspecified atom stereocenters. The smallest absolute Gasteiger partial charge is 0.326 e. The van der Waals surface area contributed by atoms with Crippen molar-refractivity contribution in [3.63, 3.8) is 0 Å². The first-order chi connectivity index (χ1) is 20.6. The summed E-state index contributed by atoms with van der Waals surface area (Å²) >= 11 is 0. The quantitative estimate of drug-likeness (QED) is 0.101. The number of nitrogens with two attached hydrogens (primary N) is 2. The van der Waals surface area contributed by atoms with Crippen LogP contribution in [0.15, 0.2) is 60.8 Å². The van der Waals surface area contributed by atoms with Crippen molar-refractivity contribution in [2.24, 2.45) is 11.5 Å². The number of carbonyl (C=O) groups excluding carboxylic acids is 3. The fourth-order valence-electron chi connectivity index (χ4n) is 4.65. The molecule has 1 heterocycles. The number of hydrogen-bond acceptors (Lipinski definition) is 7. The molecule has 4 atom stereocenters. The topological polar surface area (TPSA) is 230 Å². The van der Waals surface area contributed by atoms with Crippen LogP contribution < -0.4 is 27.4 Å². The lowest BCUT2D eigenvalue weighted by Crippen LogP contribution is -2.58. The van der Waals surface area contributed by atoms with Crippen molar-refractivity contribution < 1.29 is 34.2 Å². The zero-order chi connectivity index (χ0) is 31.4. The Bertz CT molecular complexity index is 1410. The van der Waals surface area contributed by atoms with E-state index in [4.69, 9.17) is 11.5 Å². The fraction of sp³-hybridized carbons (Fsp3) is 0.367. The van der Waals surface area contributed by atoms with Crippen LogP contribution >= 0.6 is 0 Å². The highest BCUT2D eigenvalue weighted by atomic mass is 16.4. The molecule has 1 aromatic heterocycles. The van der Waals surface area contributed by atoms with Gasteiger partial charge in [0.25, 0.3) is 0 Å². The molecule has 13 heteroatoms. The minimum Gasteiger partial charge on any atom is -0.481 e. The molecule has 0 spiro atoms. The molecular formula is C30H38N6O7. The van der Waals surface area contributed by atoms with Gasteiger partial charge in [-0.1, -0.05) is 48.5 Å². The number of carboxylic acids is 2. The summed E-state index contributed by atoms with van der Waals surface area (Å²) in [4.78, 5) is 66.0. The second kappa shape index (κ2) is 16.0. The molecule has 3 rings (SSSR count). The number of aromatic amines is 1. The molecule has 10 N–H and O–H groups in total. The first kappa shape index (κ1) is 32.8. The average molecular weight is 595 g/mol. The summed E-state index contributed by atoms with van der Waals surface area (Å²) in [5.74, 6) is -5.05. The van der Waals surface area contributed by atoms with E-state index in [1.54, 1.807) is 36.5 Å². The molecular weight excluding hydrogens is 556 g/mol.